The van der Waals surface area contributed by atoms with E-state index in [1.165, 1.54) is 0 Å². The van der Waals surface area contributed by atoms with Crippen molar-refractivity contribution >= 4 is 46.1 Å². The highest BCUT2D eigenvalue weighted by molar-refractivity contribution is 6.31. The summed E-state index contributed by atoms with van der Waals surface area (Å²) in [4.78, 5) is 38.3. The number of aromatic nitrogens is 4. The normalized spacial score (nSPS) is 18.1. The van der Waals surface area contributed by atoms with Crippen LogP contribution in [0.3, 0.4) is 0 Å². The molecule has 36 heavy (non-hydrogen) atoms. The number of ether oxygens (including phenoxy) is 1. The number of nitrogens with zero attached hydrogens (tertiary/aromatic N) is 5. The molecule has 1 aliphatic heterocycles. The molecule has 3 aromatic rings. The summed E-state index contributed by atoms with van der Waals surface area (Å²) >= 11 is 6.24. The maximum Gasteiger partial charge on any atom is 0.410 e. The maximum absolute atomic E-state index is 13.4. The van der Waals surface area contributed by atoms with Crippen LogP contribution in [0.25, 0.3) is 10.9 Å². The molecule has 5 rings (SSSR count). The molecule has 0 radical (unpaired) electrons. The predicted molar refractivity (Wildman–Crippen MR) is 137 cm³/mol. The Hall–Kier alpha value is -3.40. The van der Waals surface area contributed by atoms with Gasteiger partial charge in [0.25, 0.3) is 5.91 Å². The summed E-state index contributed by atoms with van der Waals surface area (Å²) < 4.78 is 5.38. The molecule has 11 heteroatoms. The molecule has 2 N–H and O–H groups in total. The zero-order valence-electron chi connectivity index (χ0n) is 20.6. The lowest BCUT2D eigenvalue weighted by molar-refractivity contribution is 0.0376. The van der Waals surface area contributed by atoms with Gasteiger partial charge in [0.1, 0.15) is 5.82 Å². The molecule has 0 unspecified atom stereocenters. The molecular weight excluding hydrogens is 482 g/mol. The van der Waals surface area contributed by atoms with Crippen molar-refractivity contribution in [2.45, 2.75) is 45.6 Å². The highest BCUT2D eigenvalue weighted by Gasteiger charge is 2.32. The number of fused-ring (bicyclic) bond motifs is 1. The minimum absolute atomic E-state index is 0.0771. The van der Waals surface area contributed by atoms with Gasteiger partial charge in [0.05, 0.1) is 12.1 Å². The Morgan fingerprint density at radius 2 is 2.03 bits per heavy atom. The lowest BCUT2D eigenvalue weighted by Crippen LogP contribution is -2.55. The molecule has 1 aromatic carbocycles. The first-order valence-electron chi connectivity index (χ1n) is 12.3. The Balaban J connectivity index is 1.36. The number of hydrogen-bond acceptors (Lipinski definition) is 7. The average molecular weight is 512 g/mol. The van der Waals surface area contributed by atoms with E-state index in [0.717, 1.165) is 18.5 Å². The van der Waals surface area contributed by atoms with Gasteiger partial charge in [-0.2, -0.15) is 5.10 Å². The number of anilines is 2. The largest absolute Gasteiger partial charge is 0.449 e. The van der Waals surface area contributed by atoms with E-state index < -0.39 is 0 Å². The number of halogens is 1. The molecule has 3 heterocycles. The third-order valence-electron chi connectivity index (χ3n) is 6.40. The highest BCUT2D eigenvalue weighted by atomic mass is 35.5. The smallest absolute Gasteiger partial charge is 0.410 e. The zero-order chi connectivity index (χ0) is 25.4. The van der Waals surface area contributed by atoms with E-state index in [0.29, 0.717) is 59.7 Å². The summed E-state index contributed by atoms with van der Waals surface area (Å²) in [6, 6.07) is 7.05. The van der Waals surface area contributed by atoms with Gasteiger partial charge in [-0.3, -0.25) is 9.89 Å². The van der Waals surface area contributed by atoms with Gasteiger partial charge in [0, 0.05) is 53.8 Å². The standard InChI is InChI=1S/C25H30ClN7O3/c1-14(2)13-36-25(35)33-9-8-32(12-15(33)3)24(34)23-27-19-7-6-17(26)10-18(19)22(29-23)28-21-11-20(30-31-21)16-4-5-16/h6-7,10-11,14-16H,4-5,8-9,12-13H2,1-3H3,(H2,27,28,29,30,31)/t15-/m1/s1. The molecule has 1 atom stereocenters. The van der Waals surface area contributed by atoms with Crippen LogP contribution in [0.5, 0.6) is 0 Å². The number of rotatable bonds is 6. The van der Waals surface area contributed by atoms with Crippen molar-refractivity contribution in [2.75, 3.05) is 31.6 Å². The van der Waals surface area contributed by atoms with Crippen molar-refractivity contribution in [3.05, 3.63) is 40.8 Å². The van der Waals surface area contributed by atoms with Gasteiger partial charge in [-0.15, -0.1) is 0 Å². The molecule has 2 fully saturated rings. The van der Waals surface area contributed by atoms with Crippen molar-refractivity contribution < 1.29 is 14.3 Å². The Morgan fingerprint density at radius 3 is 2.75 bits per heavy atom. The van der Waals surface area contributed by atoms with E-state index in [2.05, 4.69) is 25.5 Å². The maximum atomic E-state index is 13.4. The van der Waals surface area contributed by atoms with E-state index in [4.69, 9.17) is 16.3 Å². The molecule has 2 aromatic heterocycles. The van der Waals surface area contributed by atoms with Crippen LogP contribution in [0, 0.1) is 5.92 Å². The summed E-state index contributed by atoms with van der Waals surface area (Å²) in [7, 11) is 0. The second-order valence-corrected chi connectivity index (χ2v) is 10.4. The van der Waals surface area contributed by atoms with Crippen LogP contribution in [-0.4, -0.2) is 74.2 Å². The second kappa shape index (κ2) is 9.93. The van der Waals surface area contributed by atoms with Crippen LogP contribution in [0.15, 0.2) is 24.3 Å². The van der Waals surface area contributed by atoms with Crippen molar-refractivity contribution in [1.29, 1.82) is 0 Å². The van der Waals surface area contributed by atoms with E-state index in [1.807, 2.05) is 26.8 Å². The number of nitrogens with one attached hydrogen (secondary N) is 2. The number of carbonyl (C=O) groups excluding carboxylic acids is 2. The molecule has 0 spiro atoms. The van der Waals surface area contributed by atoms with Crippen LogP contribution in [0.1, 0.15) is 55.8 Å². The first-order chi connectivity index (χ1) is 17.3. The van der Waals surface area contributed by atoms with Gasteiger partial charge in [-0.05, 0) is 43.9 Å². The van der Waals surface area contributed by atoms with E-state index >= 15 is 0 Å². The minimum Gasteiger partial charge on any atom is -0.449 e. The van der Waals surface area contributed by atoms with Crippen molar-refractivity contribution in [2.24, 2.45) is 5.92 Å². The number of carbonyl (C=O) groups is 2. The van der Waals surface area contributed by atoms with Gasteiger partial charge in [-0.25, -0.2) is 14.8 Å². The van der Waals surface area contributed by atoms with Gasteiger partial charge in [-0.1, -0.05) is 25.4 Å². The second-order valence-electron chi connectivity index (χ2n) is 9.93. The van der Waals surface area contributed by atoms with Crippen molar-refractivity contribution in [3.63, 3.8) is 0 Å². The number of H-pyrrole nitrogens is 1. The monoisotopic (exact) mass is 511 g/mol. The van der Waals surface area contributed by atoms with Gasteiger partial charge in [0.2, 0.25) is 5.82 Å². The minimum atomic E-state index is -0.349. The highest BCUT2D eigenvalue weighted by Crippen LogP contribution is 2.40. The Labute approximate surface area is 214 Å². The lowest BCUT2D eigenvalue weighted by Gasteiger charge is -2.38. The number of piperazine rings is 1. The SMILES string of the molecule is CC(C)COC(=O)N1CCN(C(=O)c2nc(Nc3cc(C4CC4)[nH]n3)c3cc(Cl)ccc3n2)C[C@H]1C. The van der Waals surface area contributed by atoms with Crippen LogP contribution in [-0.2, 0) is 4.74 Å². The Kier molecular flexibility index (Phi) is 6.70. The average Bonchev–Trinajstić information content (AvgIpc) is 3.60. The molecule has 0 bridgehead atoms. The van der Waals surface area contributed by atoms with Gasteiger partial charge in [0.15, 0.2) is 5.82 Å². The Bertz CT molecular complexity index is 1290. The van der Waals surface area contributed by atoms with Crippen molar-refractivity contribution in [1.82, 2.24) is 30.0 Å². The first kappa shape index (κ1) is 24.3. The van der Waals surface area contributed by atoms with Crippen LogP contribution in [0.4, 0.5) is 16.4 Å². The third-order valence-corrected chi connectivity index (χ3v) is 6.63. The molecule has 2 amide bonds. The van der Waals surface area contributed by atoms with E-state index in [-0.39, 0.29) is 29.8 Å². The number of benzene rings is 1. The molecule has 2 aliphatic rings. The Morgan fingerprint density at radius 1 is 1.22 bits per heavy atom. The van der Waals surface area contributed by atoms with Gasteiger partial charge < -0.3 is 19.9 Å². The fraction of sp³-hybridized carbons (Fsp3) is 0.480. The molecule has 1 saturated heterocycles. The first-order valence-corrected chi connectivity index (χ1v) is 12.7. The number of amides is 2. The summed E-state index contributed by atoms with van der Waals surface area (Å²) in [6.07, 6.45) is 1.97. The molecular formula is C25H30ClN7O3. The van der Waals surface area contributed by atoms with E-state index in [9.17, 15) is 9.59 Å². The quantitative estimate of drug-likeness (QED) is 0.498. The van der Waals surface area contributed by atoms with Crippen LogP contribution >= 0.6 is 11.6 Å². The van der Waals surface area contributed by atoms with E-state index in [1.54, 1.807) is 28.0 Å². The van der Waals surface area contributed by atoms with Crippen LogP contribution in [0.2, 0.25) is 5.02 Å². The molecule has 10 nitrogen and oxygen atoms in total. The molecule has 190 valence electrons. The number of hydrogen-bond donors (Lipinski definition) is 2. The van der Waals surface area contributed by atoms with Crippen LogP contribution < -0.4 is 5.32 Å². The summed E-state index contributed by atoms with van der Waals surface area (Å²) in [5.41, 5.74) is 1.69. The fourth-order valence-corrected chi connectivity index (χ4v) is 4.46. The lowest BCUT2D eigenvalue weighted by atomic mass is 10.2. The summed E-state index contributed by atoms with van der Waals surface area (Å²) in [6.45, 7) is 7.38. The predicted octanol–water partition coefficient (Wildman–Crippen LogP) is 4.57. The fourth-order valence-electron chi connectivity index (χ4n) is 4.29. The summed E-state index contributed by atoms with van der Waals surface area (Å²) in [5.74, 6) is 1.66. The van der Waals surface area contributed by atoms with Gasteiger partial charge >= 0.3 is 6.09 Å². The molecule has 1 aliphatic carbocycles. The number of aromatic amines is 1. The van der Waals surface area contributed by atoms with Crippen molar-refractivity contribution in [3.8, 4) is 0 Å². The third kappa shape index (κ3) is 5.23. The topological polar surface area (TPSA) is 116 Å². The summed E-state index contributed by atoms with van der Waals surface area (Å²) in [5, 5.41) is 11.9. The molecule has 1 saturated carbocycles. The zero-order valence-corrected chi connectivity index (χ0v) is 21.4.